The molecular formula is C22H30. The van der Waals surface area contributed by atoms with Gasteiger partial charge in [0.25, 0.3) is 0 Å². The van der Waals surface area contributed by atoms with Gasteiger partial charge in [-0.2, -0.15) is 0 Å². The monoisotopic (exact) mass is 294 g/mol. The smallest absolute Gasteiger partial charge is 0.0159 e. The van der Waals surface area contributed by atoms with Gasteiger partial charge in [0, 0.05) is 0 Å². The SMILES string of the molecule is CCC(CC(C)c1ccc(CC(C)C)cc1)c1ccccc1. The zero-order valence-corrected chi connectivity index (χ0v) is 14.5. The van der Waals surface area contributed by atoms with Crippen LogP contribution in [0.1, 0.15) is 69.1 Å². The minimum atomic E-state index is 0.609. The van der Waals surface area contributed by atoms with Gasteiger partial charge in [0.1, 0.15) is 0 Å². The van der Waals surface area contributed by atoms with Crippen molar-refractivity contribution in [3.05, 3.63) is 71.3 Å². The summed E-state index contributed by atoms with van der Waals surface area (Å²) in [4.78, 5) is 0. The molecule has 0 aromatic heterocycles. The minimum Gasteiger partial charge on any atom is -0.0648 e. The summed E-state index contributed by atoms with van der Waals surface area (Å²) in [6.45, 7) is 9.23. The number of hydrogen-bond acceptors (Lipinski definition) is 0. The van der Waals surface area contributed by atoms with Gasteiger partial charge in [0.2, 0.25) is 0 Å². The van der Waals surface area contributed by atoms with Crippen LogP contribution in [0.5, 0.6) is 0 Å². The van der Waals surface area contributed by atoms with Crippen LogP contribution in [0.3, 0.4) is 0 Å². The van der Waals surface area contributed by atoms with Gasteiger partial charge in [-0.15, -0.1) is 0 Å². The maximum Gasteiger partial charge on any atom is -0.0159 e. The zero-order chi connectivity index (χ0) is 15.9. The molecule has 0 fully saturated rings. The Morgan fingerprint density at radius 3 is 1.95 bits per heavy atom. The second-order valence-corrected chi connectivity index (χ2v) is 6.99. The van der Waals surface area contributed by atoms with Crippen molar-refractivity contribution in [2.24, 2.45) is 5.92 Å². The third-order valence-electron chi connectivity index (χ3n) is 4.59. The van der Waals surface area contributed by atoms with E-state index in [1.807, 2.05) is 0 Å². The largest absolute Gasteiger partial charge is 0.0648 e. The van der Waals surface area contributed by atoms with Crippen LogP contribution in [0, 0.1) is 5.92 Å². The Kier molecular flexibility index (Phi) is 6.24. The van der Waals surface area contributed by atoms with Crippen molar-refractivity contribution in [2.45, 2.75) is 58.8 Å². The molecule has 0 aliphatic rings. The Bertz CT molecular complexity index is 536. The van der Waals surface area contributed by atoms with Crippen molar-refractivity contribution in [2.75, 3.05) is 0 Å². The van der Waals surface area contributed by atoms with Crippen LogP contribution in [0.25, 0.3) is 0 Å². The van der Waals surface area contributed by atoms with E-state index in [0.717, 1.165) is 5.92 Å². The molecule has 2 aromatic rings. The molecule has 0 N–H and O–H groups in total. The molecule has 0 aliphatic heterocycles. The lowest BCUT2D eigenvalue weighted by Gasteiger charge is -2.21. The Morgan fingerprint density at radius 1 is 0.773 bits per heavy atom. The summed E-state index contributed by atoms with van der Waals surface area (Å²) >= 11 is 0. The van der Waals surface area contributed by atoms with E-state index < -0.39 is 0 Å². The first-order valence-electron chi connectivity index (χ1n) is 8.74. The summed E-state index contributed by atoms with van der Waals surface area (Å²) < 4.78 is 0. The Balaban J connectivity index is 2.03. The molecule has 0 heteroatoms. The third kappa shape index (κ3) is 4.73. The van der Waals surface area contributed by atoms with Crippen LogP contribution in [-0.4, -0.2) is 0 Å². The third-order valence-corrected chi connectivity index (χ3v) is 4.59. The van der Waals surface area contributed by atoms with Crippen LogP contribution in [0.4, 0.5) is 0 Å². The van der Waals surface area contributed by atoms with Crippen LogP contribution >= 0.6 is 0 Å². The fourth-order valence-electron chi connectivity index (χ4n) is 3.28. The lowest BCUT2D eigenvalue weighted by molar-refractivity contribution is 0.544. The molecule has 0 nitrogen and oxygen atoms in total. The molecular weight excluding hydrogens is 264 g/mol. The zero-order valence-electron chi connectivity index (χ0n) is 14.5. The number of benzene rings is 2. The van der Waals surface area contributed by atoms with Crippen molar-refractivity contribution in [1.82, 2.24) is 0 Å². The Labute approximate surface area is 136 Å². The quantitative estimate of drug-likeness (QED) is 0.541. The van der Waals surface area contributed by atoms with E-state index in [4.69, 9.17) is 0 Å². The lowest BCUT2D eigenvalue weighted by Crippen LogP contribution is -2.04. The predicted molar refractivity (Wildman–Crippen MR) is 97.5 cm³/mol. The Morgan fingerprint density at radius 2 is 1.41 bits per heavy atom. The molecule has 0 bridgehead atoms. The van der Waals surface area contributed by atoms with E-state index in [1.165, 1.54) is 36.0 Å². The van der Waals surface area contributed by atoms with Crippen LogP contribution in [0.15, 0.2) is 54.6 Å². The van der Waals surface area contributed by atoms with Gasteiger partial charge in [0.05, 0.1) is 0 Å². The van der Waals surface area contributed by atoms with E-state index in [2.05, 4.69) is 82.3 Å². The summed E-state index contributed by atoms with van der Waals surface area (Å²) in [5, 5.41) is 0. The van der Waals surface area contributed by atoms with Crippen molar-refractivity contribution < 1.29 is 0 Å². The average molecular weight is 294 g/mol. The van der Waals surface area contributed by atoms with E-state index in [1.54, 1.807) is 0 Å². The summed E-state index contributed by atoms with van der Waals surface area (Å²) in [7, 11) is 0. The van der Waals surface area contributed by atoms with Crippen molar-refractivity contribution in [1.29, 1.82) is 0 Å². The van der Waals surface area contributed by atoms with E-state index in [0.29, 0.717) is 11.8 Å². The molecule has 0 aliphatic carbocycles. The first-order chi connectivity index (χ1) is 10.6. The normalized spacial score (nSPS) is 14.0. The van der Waals surface area contributed by atoms with Crippen LogP contribution in [-0.2, 0) is 6.42 Å². The van der Waals surface area contributed by atoms with Crippen molar-refractivity contribution in [3.8, 4) is 0 Å². The second-order valence-electron chi connectivity index (χ2n) is 6.99. The standard InChI is InChI=1S/C22H30/c1-5-20(22-9-7-6-8-10-22)16-18(4)21-13-11-19(12-14-21)15-17(2)3/h6-14,17-18,20H,5,15-16H2,1-4H3. The number of hydrogen-bond donors (Lipinski definition) is 0. The summed E-state index contributed by atoms with van der Waals surface area (Å²) in [6, 6.07) is 20.3. The highest BCUT2D eigenvalue weighted by atomic mass is 14.2. The molecule has 0 radical (unpaired) electrons. The van der Waals surface area contributed by atoms with E-state index in [9.17, 15) is 0 Å². The lowest BCUT2D eigenvalue weighted by atomic mass is 9.84. The predicted octanol–water partition coefficient (Wildman–Crippen LogP) is 6.57. The van der Waals surface area contributed by atoms with Crippen LogP contribution in [0.2, 0.25) is 0 Å². The fourth-order valence-corrected chi connectivity index (χ4v) is 3.28. The molecule has 0 saturated heterocycles. The van der Waals surface area contributed by atoms with Gasteiger partial charge < -0.3 is 0 Å². The van der Waals surface area contributed by atoms with E-state index in [-0.39, 0.29) is 0 Å². The molecule has 118 valence electrons. The first kappa shape index (κ1) is 16.8. The fraction of sp³-hybridized carbons (Fsp3) is 0.455. The van der Waals surface area contributed by atoms with Gasteiger partial charge in [-0.3, -0.25) is 0 Å². The van der Waals surface area contributed by atoms with Gasteiger partial charge in [-0.05, 0) is 53.7 Å². The molecule has 2 unspecified atom stereocenters. The molecule has 2 rings (SSSR count). The number of rotatable bonds is 7. The van der Waals surface area contributed by atoms with Gasteiger partial charge in [-0.25, -0.2) is 0 Å². The average Bonchev–Trinajstić information content (AvgIpc) is 2.53. The molecule has 0 amide bonds. The van der Waals surface area contributed by atoms with Gasteiger partial charge >= 0.3 is 0 Å². The molecule has 0 spiro atoms. The summed E-state index contributed by atoms with van der Waals surface area (Å²) in [5.41, 5.74) is 4.41. The molecule has 22 heavy (non-hydrogen) atoms. The molecule has 2 aromatic carbocycles. The highest BCUT2D eigenvalue weighted by molar-refractivity contribution is 5.27. The maximum atomic E-state index is 2.36. The maximum absolute atomic E-state index is 2.36. The van der Waals surface area contributed by atoms with E-state index >= 15 is 0 Å². The van der Waals surface area contributed by atoms with Gasteiger partial charge in [-0.1, -0.05) is 82.3 Å². The van der Waals surface area contributed by atoms with Crippen LogP contribution < -0.4 is 0 Å². The molecule has 0 heterocycles. The summed E-state index contributed by atoms with van der Waals surface area (Å²) in [6.07, 6.45) is 3.61. The highest BCUT2D eigenvalue weighted by Crippen LogP contribution is 2.32. The summed E-state index contributed by atoms with van der Waals surface area (Å²) in [5.74, 6) is 2.00. The second kappa shape index (κ2) is 8.17. The topological polar surface area (TPSA) is 0 Å². The van der Waals surface area contributed by atoms with Crippen molar-refractivity contribution >= 4 is 0 Å². The highest BCUT2D eigenvalue weighted by Gasteiger charge is 2.15. The molecule has 2 atom stereocenters. The minimum absolute atomic E-state index is 0.609. The van der Waals surface area contributed by atoms with Gasteiger partial charge in [0.15, 0.2) is 0 Å². The Hall–Kier alpha value is -1.56. The first-order valence-corrected chi connectivity index (χ1v) is 8.74. The molecule has 0 saturated carbocycles. The van der Waals surface area contributed by atoms with Crippen molar-refractivity contribution in [3.63, 3.8) is 0 Å².